The summed E-state index contributed by atoms with van der Waals surface area (Å²) in [6, 6.07) is 7.28. The first-order valence-electron chi connectivity index (χ1n) is 4.73. The van der Waals surface area contributed by atoms with E-state index in [1.165, 1.54) is 0 Å². The highest BCUT2D eigenvalue weighted by Crippen LogP contribution is 2.29. The molecule has 0 heterocycles. The van der Waals surface area contributed by atoms with Crippen molar-refractivity contribution in [3.05, 3.63) is 23.8 Å². The summed E-state index contributed by atoms with van der Waals surface area (Å²) in [5.41, 5.74) is 0.587. The quantitative estimate of drug-likeness (QED) is 0.737. The van der Waals surface area contributed by atoms with E-state index in [-0.39, 0.29) is 0 Å². The molecule has 0 spiro atoms. The molecule has 0 atom stereocenters. The largest absolute Gasteiger partial charge is 0.542 e. The normalized spacial score (nSPS) is 10.6. The second-order valence-electron chi connectivity index (χ2n) is 4.19. The molecule has 0 unspecified atom stereocenters. The monoisotopic (exact) mass is 221 g/mol. The van der Waals surface area contributed by atoms with Crippen LogP contribution < -0.4 is 9.16 Å². The van der Waals surface area contributed by atoms with Gasteiger partial charge in [-0.3, -0.25) is 0 Å². The Labute approximate surface area is 91.4 Å². The minimum absolute atomic E-state index is 0.587. The van der Waals surface area contributed by atoms with E-state index in [4.69, 9.17) is 14.4 Å². The zero-order valence-electron chi connectivity index (χ0n) is 9.50. The second-order valence-corrected chi connectivity index (χ2v) is 8.62. The molecule has 15 heavy (non-hydrogen) atoms. The first-order chi connectivity index (χ1) is 6.96. The standard InChI is InChI=1S/C11H15NO2Si/c1-13-10-6-5-9(8-12)7-11(10)14-15(2,3)4/h5-7H,1-4H3. The molecule has 0 aliphatic heterocycles. The van der Waals surface area contributed by atoms with Crippen LogP contribution in [0.5, 0.6) is 11.5 Å². The summed E-state index contributed by atoms with van der Waals surface area (Å²) in [6.45, 7) is 6.27. The molecule has 0 aliphatic carbocycles. The third-order valence-electron chi connectivity index (χ3n) is 1.71. The van der Waals surface area contributed by atoms with Gasteiger partial charge in [0.25, 0.3) is 0 Å². The molecule has 0 aromatic heterocycles. The first-order valence-corrected chi connectivity index (χ1v) is 8.14. The summed E-state index contributed by atoms with van der Waals surface area (Å²) in [7, 11) is -0.0751. The molecule has 0 saturated heterocycles. The number of benzene rings is 1. The van der Waals surface area contributed by atoms with Crippen LogP contribution in [0.15, 0.2) is 18.2 Å². The van der Waals surface area contributed by atoms with Gasteiger partial charge in [0.1, 0.15) is 5.75 Å². The van der Waals surface area contributed by atoms with Crippen molar-refractivity contribution in [1.29, 1.82) is 5.26 Å². The molecular formula is C11H15NO2Si. The van der Waals surface area contributed by atoms with Gasteiger partial charge in [-0.2, -0.15) is 5.26 Å². The van der Waals surface area contributed by atoms with Crippen LogP contribution in [0.4, 0.5) is 0 Å². The lowest BCUT2D eigenvalue weighted by Crippen LogP contribution is -2.29. The average Bonchev–Trinajstić information content (AvgIpc) is 2.15. The minimum Gasteiger partial charge on any atom is -0.542 e. The average molecular weight is 221 g/mol. The highest BCUT2D eigenvalue weighted by Gasteiger charge is 2.18. The maximum Gasteiger partial charge on any atom is 0.242 e. The van der Waals surface area contributed by atoms with Crippen molar-refractivity contribution < 1.29 is 9.16 Å². The molecule has 1 aromatic carbocycles. The molecule has 0 saturated carbocycles. The fourth-order valence-corrected chi connectivity index (χ4v) is 1.98. The Hall–Kier alpha value is -1.47. The fourth-order valence-electron chi connectivity index (χ4n) is 1.16. The van der Waals surface area contributed by atoms with E-state index >= 15 is 0 Å². The number of hydrogen-bond donors (Lipinski definition) is 0. The van der Waals surface area contributed by atoms with E-state index in [2.05, 4.69) is 25.7 Å². The summed E-state index contributed by atoms with van der Waals surface area (Å²) in [5, 5.41) is 8.79. The molecule has 4 heteroatoms. The van der Waals surface area contributed by atoms with Gasteiger partial charge in [-0.25, -0.2) is 0 Å². The highest BCUT2D eigenvalue weighted by atomic mass is 28.4. The summed E-state index contributed by atoms with van der Waals surface area (Å²) in [4.78, 5) is 0. The van der Waals surface area contributed by atoms with Crippen molar-refractivity contribution in [3.63, 3.8) is 0 Å². The van der Waals surface area contributed by atoms with Crippen molar-refractivity contribution >= 4 is 8.32 Å². The zero-order valence-corrected chi connectivity index (χ0v) is 10.5. The Bertz CT molecular complexity index is 391. The Balaban J connectivity index is 3.08. The highest BCUT2D eigenvalue weighted by molar-refractivity contribution is 6.70. The Morgan fingerprint density at radius 3 is 2.33 bits per heavy atom. The van der Waals surface area contributed by atoms with E-state index in [0.29, 0.717) is 17.1 Å². The van der Waals surface area contributed by atoms with Gasteiger partial charge in [0.15, 0.2) is 5.75 Å². The summed E-state index contributed by atoms with van der Waals surface area (Å²) < 4.78 is 11.0. The first kappa shape index (κ1) is 11.6. The molecule has 0 fully saturated rings. The number of nitriles is 1. The molecule has 0 N–H and O–H groups in total. The van der Waals surface area contributed by atoms with Crippen LogP contribution in [-0.2, 0) is 0 Å². The van der Waals surface area contributed by atoms with Crippen molar-refractivity contribution in [2.75, 3.05) is 7.11 Å². The molecule has 0 bridgehead atoms. The van der Waals surface area contributed by atoms with Crippen LogP contribution in [-0.4, -0.2) is 15.4 Å². The van der Waals surface area contributed by atoms with Gasteiger partial charge >= 0.3 is 0 Å². The number of rotatable bonds is 3. The molecule has 1 rings (SSSR count). The summed E-state index contributed by atoms with van der Waals surface area (Å²) in [5.74, 6) is 1.34. The van der Waals surface area contributed by atoms with Gasteiger partial charge in [0.2, 0.25) is 8.32 Å². The SMILES string of the molecule is COc1ccc(C#N)cc1O[Si](C)(C)C. The van der Waals surface area contributed by atoms with Crippen LogP contribution in [0.1, 0.15) is 5.56 Å². The number of ether oxygens (including phenoxy) is 1. The molecule has 0 aliphatic rings. The minimum atomic E-state index is -1.67. The lowest BCUT2D eigenvalue weighted by molar-refractivity contribution is 0.392. The van der Waals surface area contributed by atoms with Crippen molar-refractivity contribution in [2.24, 2.45) is 0 Å². The predicted molar refractivity (Wildman–Crippen MR) is 61.7 cm³/mol. The van der Waals surface area contributed by atoms with E-state index < -0.39 is 8.32 Å². The molecule has 3 nitrogen and oxygen atoms in total. The molecule has 0 radical (unpaired) electrons. The van der Waals surface area contributed by atoms with E-state index in [1.807, 2.05) is 0 Å². The van der Waals surface area contributed by atoms with Gasteiger partial charge in [0, 0.05) is 6.07 Å². The number of nitrogens with zero attached hydrogens (tertiary/aromatic N) is 1. The molecule has 0 amide bonds. The van der Waals surface area contributed by atoms with Crippen LogP contribution in [0.2, 0.25) is 19.6 Å². The van der Waals surface area contributed by atoms with Crippen LogP contribution in [0, 0.1) is 11.3 Å². The van der Waals surface area contributed by atoms with Gasteiger partial charge in [-0.15, -0.1) is 0 Å². The lowest BCUT2D eigenvalue weighted by Gasteiger charge is -2.21. The lowest BCUT2D eigenvalue weighted by atomic mass is 10.2. The zero-order chi connectivity index (χ0) is 11.5. The fraction of sp³-hybridized carbons (Fsp3) is 0.364. The van der Waals surface area contributed by atoms with Crippen molar-refractivity contribution in [2.45, 2.75) is 19.6 Å². The molecule has 1 aromatic rings. The topological polar surface area (TPSA) is 42.2 Å². The van der Waals surface area contributed by atoms with E-state index in [1.54, 1.807) is 25.3 Å². The van der Waals surface area contributed by atoms with Gasteiger partial charge < -0.3 is 9.16 Å². The summed E-state index contributed by atoms with van der Waals surface area (Å²) in [6.07, 6.45) is 0. The third kappa shape index (κ3) is 3.29. The van der Waals surface area contributed by atoms with Crippen LogP contribution in [0.25, 0.3) is 0 Å². The number of methoxy groups -OCH3 is 1. The van der Waals surface area contributed by atoms with E-state index in [9.17, 15) is 0 Å². The smallest absolute Gasteiger partial charge is 0.242 e. The van der Waals surface area contributed by atoms with Crippen LogP contribution >= 0.6 is 0 Å². The van der Waals surface area contributed by atoms with E-state index in [0.717, 1.165) is 0 Å². The summed E-state index contributed by atoms with van der Waals surface area (Å²) >= 11 is 0. The third-order valence-corrected chi connectivity index (χ3v) is 2.54. The van der Waals surface area contributed by atoms with Crippen molar-refractivity contribution in [3.8, 4) is 17.6 Å². The Kier molecular flexibility index (Phi) is 3.38. The number of hydrogen-bond acceptors (Lipinski definition) is 3. The van der Waals surface area contributed by atoms with Crippen LogP contribution in [0.3, 0.4) is 0 Å². The maximum absolute atomic E-state index is 8.79. The second kappa shape index (κ2) is 4.37. The molecular weight excluding hydrogens is 206 g/mol. The Morgan fingerprint density at radius 2 is 1.87 bits per heavy atom. The molecule has 80 valence electrons. The van der Waals surface area contributed by atoms with Crippen molar-refractivity contribution in [1.82, 2.24) is 0 Å². The Morgan fingerprint density at radius 1 is 1.20 bits per heavy atom. The van der Waals surface area contributed by atoms with Gasteiger partial charge in [0.05, 0.1) is 18.7 Å². The van der Waals surface area contributed by atoms with Gasteiger partial charge in [-0.05, 0) is 31.8 Å². The predicted octanol–water partition coefficient (Wildman–Crippen LogP) is 2.78. The maximum atomic E-state index is 8.79. The van der Waals surface area contributed by atoms with Gasteiger partial charge in [-0.1, -0.05) is 0 Å².